The van der Waals surface area contributed by atoms with Gasteiger partial charge < -0.3 is 19.9 Å². The van der Waals surface area contributed by atoms with Crippen LogP contribution in [0.5, 0.6) is 5.75 Å². The fraction of sp³-hybridized carbons (Fsp3) is 0.364. The van der Waals surface area contributed by atoms with E-state index < -0.39 is 6.09 Å². The van der Waals surface area contributed by atoms with Gasteiger partial charge in [-0.15, -0.1) is 0 Å². The van der Waals surface area contributed by atoms with Crippen LogP contribution in [0.15, 0.2) is 18.2 Å². The zero-order valence-electron chi connectivity index (χ0n) is 9.40. The first-order chi connectivity index (χ1) is 8.19. The Kier molecular flexibility index (Phi) is 5.59. The van der Waals surface area contributed by atoms with Crippen LogP contribution in [-0.2, 0) is 11.3 Å². The minimum absolute atomic E-state index is 0.0362. The molecule has 2 N–H and O–H groups in total. The molecule has 1 aromatic rings. The van der Waals surface area contributed by atoms with Crippen LogP contribution in [0.25, 0.3) is 0 Å². The Labute approximate surface area is 104 Å². The molecule has 0 aliphatic carbocycles. The molecule has 6 heteroatoms. The molecule has 0 radical (unpaired) electrons. The van der Waals surface area contributed by atoms with Gasteiger partial charge in [0.15, 0.2) is 0 Å². The number of amides is 1. The summed E-state index contributed by atoms with van der Waals surface area (Å²) in [4.78, 5) is 11.2. The number of methoxy groups -OCH3 is 1. The molecule has 0 saturated heterocycles. The minimum atomic E-state index is -0.610. The molecule has 0 bridgehead atoms. The molecule has 1 amide bonds. The van der Waals surface area contributed by atoms with E-state index in [-0.39, 0.29) is 19.8 Å². The van der Waals surface area contributed by atoms with E-state index in [1.165, 1.54) is 7.11 Å². The fourth-order valence-electron chi connectivity index (χ4n) is 1.25. The highest BCUT2D eigenvalue weighted by atomic mass is 35.5. The first kappa shape index (κ1) is 13.6. The van der Waals surface area contributed by atoms with E-state index in [2.05, 4.69) is 10.1 Å². The van der Waals surface area contributed by atoms with Crippen molar-refractivity contribution >= 4 is 17.7 Å². The maximum absolute atomic E-state index is 11.2. The van der Waals surface area contributed by atoms with Gasteiger partial charge in [0.05, 0.1) is 20.3 Å². The molecule has 0 aliphatic heterocycles. The monoisotopic (exact) mass is 259 g/mol. The van der Waals surface area contributed by atoms with E-state index in [0.717, 1.165) is 0 Å². The second-order valence-electron chi connectivity index (χ2n) is 3.13. The zero-order chi connectivity index (χ0) is 12.7. The van der Waals surface area contributed by atoms with Crippen LogP contribution < -0.4 is 10.1 Å². The smallest absolute Gasteiger partial charge is 0.407 e. The summed E-state index contributed by atoms with van der Waals surface area (Å²) in [5, 5.41) is 11.5. The van der Waals surface area contributed by atoms with Crippen molar-refractivity contribution < 1.29 is 19.4 Å². The summed E-state index contributed by atoms with van der Waals surface area (Å²) in [6.45, 7) is -0.0402. The predicted molar refractivity (Wildman–Crippen MR) is 63.3 cm³/mol. The van der Waals surface area contributed by atoms with Crippen molar-refractivity contribution in [2.24, 2.45) is 0 Å². The normalized spacial score (nSPS) is 9.82. The molecule has 5 nitrogen and oxygen atoms in total. The van der Waals surface area contributed by atoms with E-state index in [1.54, 1.807) is 18.2 Å². The Morgan fingerprint density at radius 3 is 2.94 bits per heavy atom. The molecule has 0 spiro atoms. The van der Waals surface area contributed by atoms with Gasteiger partial charge >= 0.3 is 6.09 Å². The lowest BCUT2D eigenvalue weighted by atomic mass is 10.2. The number of nitrogens with one attached hydrogen (secondary N) is 1. The first-order valence-corrected chi connectivity index (χ1v) is 5.39. The highest BCUT2D eigenvalue weighted by Crippen LogP contribution is 2.25. The Morgan fingerprint density at radius 2 is 2.29 bits per heavy atom. The number of alkyl carbamates (subject to hydrolysis) is 1. The molecule has 0 atom stereocenters. The molecule has 0 fully saturated rings. The second kappa shape index (κ2) is 6.98. The summed E-state index contributed by atoms with van der Waals surface area (Å²) >= 11 is 5.98. The molecule has 0 heterocycles. The van der Waals surface area contributed by atoms with Gasteiger partial charge in [-0.1, -0.05) is 17.7 Å². The van der Waals surface area contributed by atoms with Crippen molar-refractivity contribution in [1.29, 1.82) is 0 Å². The van der Waals surface area contributed by atoms with Crippen molar-refractivity contribution in [2.45, 2.75) is 6.54 Å². The third-order valence-electron chi connectivity index (χ3n) is 2.03. The van der Waals surface area contributed by atoms with Crippen LogP contribution >= 0.6 is 11.6 Å². The Bertz CT molecular complexity index is 384. The SMILES string of the molecule is COc1cccc(Cl)c1CNC(=O)OCCO. The Hall–Kier alpha value is -1.46. The number of aliphatic hydroxyl groups is 1. The van der Waals surface area contributed by atoms with Crippen LogP contribution in [0.1, 0.15) is 5.56 Å². The molecule has 17 heavy (non-hydrogen) atoms. The van der Waals surface area contributed by atoms with Crippen molar-refractivity contribution in [1.82, 2.24) is 5.32 Å². The summed E-state index contributed by atoms with van der Waals surface area (Å²) in [5.74, 6) is 0.597. The number of benzene rings is 1. The quantitative estimate of drug-likeness (QED) is 0.842. The fourth-order valence-corrected chi connectivity index (χ4v) is 1.48. The van der Waals surface area contributed by atoms with E-state index in [4.69, 9.17) is 21.4 Å². The molecule has 1 aromatic carbocycles. The summed E-state index contributed by atoms with van der Waals surface area (Å²) in [7, 11) is 1.53. The summed E-state index contributed by atoms with van der Waals surface area (Å²) < 4.78 is 9.77. The largest absolute Gasteiger partial charge is 0.496 e. The van der Waals surface area contributed by atoms with Crippen molar-refractivity contribution in [3.8, 4) is 5.75 Å². The van der Waals surface area contributed by atoms with Gasteiger partial charge in [-0.25, -0.2) is 4.79 Å². The lowest BCUT2D eigenvalue weighted by Crippen LogP contribution is -2.25. The summed E-state index contributed by atoms with van der Waals surface area (Å²) in [5.41, 5.74) is 0.678. The molecular weight excluding hydrogens is 246 g/mol. The number of rotatable bonds is 5. The molecular formula is C11H14ClNO4. The maximum atomic E-state index is 11.2. The molecule has 1 rings (SSSR count). The lowest BCUT2D eigenvalue weighted by molar-refractivity contribution is 0.118. The lowest BCUT2D eigenvalue weighted by Gasteiger charge is -2.11. The number of ether oxygens (including phenoxy) is 2. The van der Waals surface area contributed by atoms with Crippen molar-refractivity contribution in [2.75, 3.05) is 20.3 Å². The third-order valence-corrected chi connectivity index (χ3v) is 2.38. The number of carbonyl (C=O) groups excluding carboxylic acids is 1. The molecule has 94 valence electrons. The Morgan fingerprint density at radius 1 is 1.53 bits per heavy atom. The predicted octanol–water partition coefficient (Wildman–Crippen LogP) is 1.57. The van der Waals surface area contributed by atoms with Crippen molar-refractivity contribution in [3.63, 3.8) is 0 Å². The maximum Gasteiger partial charge on any atom is 0.407 e. The molecule has 0 saturated carbocycles. The van der Waals surface area contributed by atoms with Crippen molar-refractivity contribution in [3.05, 3.63) is 28.8 Å². The summed E-state index contributed by atoms with van der Waals surface area (Å²) in [6.07, 6.45) is -0.610. The number of halogens is 1. The van der Waals surface area contributed by atoms with Gasteiger partial charge in [-0.3, -0.25) is 0 Å². The highest BCUT2D eigenvalue weighted by Gasteiger charge is 2.09. The standard InChI is InChI=1S/C11H14ClNO4/c1-16-10-4-2-3-9(12)8(10)7-13-11(15)17-6-5-14/h2-4,14H,5-7H2,1H3,(H,13,15). The average molecular weight is 260 g/mol. The van der Waals surface area contributed by atoms with Crippen LogP contribution in [0.4, 0.5) is 4.79 Å². The van der Waals surface area contributed by atoms with Gasteiger partial charge in [0.1, 0.15) is 12.4 Å². The van der Waals surface area contributed by atoms with Gasteiger partial charge in [0, 0.05) is 10.6 Å². The Balaban J connectivity index is 2.59. The topological polar surface area (TPSA) is 67.8 Å². The van der Waals surface area contributed by atoms with E-state index in [0.29, 0.717) is 16.3 Å². The molecule has 0 unspecified atom stereocenters. The van der Waals surface area contributed by atoms with Crippen LogP contribution in [0.2, 0.25) is 5.02 Å². The third kappa shape index (κ3) is 4.13. The van der Waals surface area contributed by atoms with E-state index >= 15 is 0 Å². The van der Waals surface area contributed by atoms with Gasteiger partial charge in [-0.05, 0) is 12.1 Å². The summed E-state index contributed by atoms with van der Waals surface area (Å²) in [6, 6.07) is 5.22. The van der Waals surface area contributed by atoms with Gasteiger partial charge in [-0.2, -0.15) is 0 Å². The van der Waals surface area contributed by atoms with Crippen LogP contribution in [0.3, 0.4) is 0 Å². The highest BCUT2D eigenvalue weighted by molar-refractivity contribution is 6.31. The number of hydrogen-bond acceptors (Lipinski definition) is 4. The van der Waals surface area contributed by atoms with Crippen LogP contribution in [-0.4, -0.2) is 31.5 Å². The minimum Gasteiger partial charge on any atom is -0.496 e. The van der Waals surface area contributed by atoms with Gasteiger partial charge in [0.25, 0.3) is 0 Å². The number of carbonyl (C=O) groups is 1. The average Bonchev–Trinajstić information content (AvgIpc) is 2.34. The molecule has 0 aromatic heterocycles. The van der Waals surface area contributed by atoms with Crippen LogP contribution in [0, 0.1) is 0 Å². The molecule has 0 aliphatic rings. The van der Waals surface area contributed by atoms with E-state index in [9.17, 15) is 4.79 Å². The first-order valence-electron chi connectivity index (χ1n) is 5.02. The second-order valence-corrected chi connectivity index (χ2v) is 3.54. The number of hydrogen-bond donors (Lipinski definition) is 2. The van der Waals surface area contributed by atoms with Gasteiger partial charge in [0.2, 0.25) is 0 Å². The van der Waals surface area contributed by atoms with E-state index in [1.807, 2.05) is 0 Å². The number of aliphatic hydroxyl groups excluding tert-OH is 1. The zero-order valence-corrected chi connectivity index (χ0v) is 10.2.